The number of nitrogens with zero attached hydrogens (tertiary/aromatic N) is 1. The average molecular weight is 224 g/mol. The maximum absolute atomic E-state index is 11.5. The van der Waals surface area contributed by atoms with Gasteiger partial charge >= 0.3 is 0 Å². The molecule has 1 aliphatic heterocycles. The first kappa shape index (κ1) is 11.9. The lowest BCUT2D eigenvalue weighted by Gasteiger charge is -2.38. The lowest BCUT2D eigenvalue weighted by Crippen LogP contribution is -2.36. The molecule has 0 aromatic rings. The first-order valence-electron chi connectivity index (χ1n) is 6.61. The fourth-order valence-electron chi connectivity index (χ4n) is 2.96. The molecule has 3 nitrogen and oxygen atoms in total. The highest BCUT2D eigenvalue weighted by Crippen LogP contribution is 2.47. The van der Waals surface area contributed by atoms with Gasteiger partial charge < -0.3 is 10.2 Å². The summed E-state index contributed by atoms with van der Waals surface area (Å²) >= 11 is 0. The molecule has 1 spiro atoms. The van der Waals surface area contributed by atoms with Crippen LogP contribution in [0.2, 0.25) is 0 Å². The van der Waals surface area contributed by atoms with Gasteiger partial charge in [-0.2, -0.15) is 0 Å². The van der Waals surface area contributed by atoms with Crippen LogP contribution in [-0.4, -0.2) is 36.5 Å². The summed E-state index contributed by atoms with van der Waals surface area (Å²) in [5.41, 5.74) is 0.661. The summed E-state index contributed by atoms with van der Waals surface area (Å²) in [6, 6.07) is 0.268. The Bertz CT molecular complexity index is 259. The number of amides is 1. The third kappa shape index (κ3) is 2.76. The first-order valence-corrected chi connectivity index (χ1v) is 6.61. The van der Waals surface area contributed by atoms with Gasteiger partial charge in [0.2, 0.25) is 5.91 Å². The second-order valence-electron chi connectivity index (χ2n) is 5.85. The average Bonchev–Trinajstić information content (AvgIpc) is 2.57. The largest absolute Gasteiger partial charge is 0.354 e. The van der Waals surface area contributed by atoms with Gasteiger partial charge in [0, 0.05) is 25.6 Å². The zero-order valence-corrected chi connectivity index (χ0v) is 10.6. The molecule has 1 amide bonds. The van der Waals surface area contributed by atoms with Crippen molar-refractivity contribution in [2.45, 2.75) is 52.0 Å². The van der Waals surface area contributed by atoms with Crippen molar-refractivity contribution < 1.29 is 4.79 Å². The van der Waals surface area contributed by atoms with E-state index < -0.39 is 0 Å². The lowest BCUT2D eigenvalue weighted by molar-refractivity contribution is -0.121. The minimum atomic E-state index is 0.199. The summed E-state index contributed by atoms with van der Waals surface area (Å²) < 4.78 is 0. The number of carbonyl (C=O) groups is 1. The molecule has 1 heterocycles. The van der Waals surface area contributed by atoms with Crippen LogP contribution in [-0.2, 0) is 4.79 Å². The molecular formula is C13H24N2O. The van der Waals surface area contributed by atoms with Crippen LogP contribution in [0.1, 0.15) is 46.0 Å². The molecule has 2 aliphatic rings. The van der Waals surface area contributed by atoms with Crippen molar-refractivity contribution in [1.82, 2.24) is 10.2 Å². The van der Waals surface area contributed by atoms with Crippen LogP contribution >= 0.6 is 0 Å². The fraction of sp³-hybridized carbons (Fsp3) is 0.923. The van der Waals surface area contributed by atoms with Crippen molar-refractivity contribution in [3.05, 3.63) is 0 Å². The summed E-state index contributed by atoms with van der Waals surface area (Å²) in [5.74, 6) is 0.199. The molecule has 0 atom stereocenters. The Kier molecular flexibility index (Phi) is 3.53. The van der Waals surface area contributed by atoms with Gasteiger partial charge in [0.05, 0.1) is 0 Å². The maximum Gasteiger partial charge on any atom is 0.221 e. The van der Waals surface area contributed by atoms with Crippen molar-refractivity contribution >= 4 is 5.91 Å². The molecule has 1 saturated heterocycles. The number of hydrogen-bond acceptors (Lipinski definition) is 2. The van der Waals surface area contributed by atoms with Crippen molar-refractivity contribution in [2.24, 2.45) is 5.41 Å². The van der Waals surface area contributed by atoms with Crippen LogP contribution < -0.4 is 5.32 Å². The molecule has 1 N–H and O–H groups in total. The van der Waals surface area contributed by atoms with E-state index in [0.717, 1.165) is 6.54 Å². The summed E-state index contributed by atoms with van der Waals surface area (Å²) in [5, 5.41) is 2.95. The van der Waals surface area contributed by atoms with Gasteiger partial charge in [-0.15, -0.1) is 0 Å². The zero-order chi connectivity index (χ0) is 11.6. The van der Waals surface area contributed by atoms with E-state index in [1.54, 1.807) is 0 Å². The highest BCUT2D eigenvalue weighted by Gasteiger charge is 2.42. The van der Waals surface area contributed by atoms with Crippen LogP contribution in [0.4, 0.5) is 0 Å². The van der Waals surface area contributed by atoms with E-state index in [0.29, 0.717) is 11.8 Å². The quantitative estimate of drug-likeness (QED) is 0.789. The normalized spacial score (nSPS) is 23.7. The predicted molar refractivity (Wildman–Crippen MR) is 65.2 cm³/mol. The molecule has 2 rings (SSSR count). The lowest BCUT2D eigenvalue weighted by atomic mass is 9.68. The molecule has 1 aliphatic carbocycles. The number of carbonyl (C=O) groups excluding carboxylic acids is 1. The number of hydrogen-bond donors (Lipinski definition) is 1. The third-order valence-corrected chi connectivity index (χ3v) is 4.04. The standard InChI is InChI=1S/C13H24N2O/c1-11(2)14-12(16)4-8-15-9-7-13(10-15)5-3-6-13/h11H,3-10H2,1-2H3,(H,14,16). The van der Waals surface area contributed by atoms with Crippen molar-refractivity contribution in [1.29, 1.82) is 0 Å². The second-order valence-corrected chi connectivity index (χ2v) is 5.85. The molecule has 0 aromatic heterocycles. The summed E-state index contributed by atoms with van der Waals surface area (Å²) in [6.45, 7) is 7.41. The van der Waals surface area contributed by atoms with Gasteiger partial charge in [0.15, 0.2) is 0 Å². The molecule has 0 bridgehead atoms. The van der Waals surface area contributed by atoms with E-state index in [1.165, 1.54) is 38.8 Å². The minimum Gasteiger partial charge on any atom is -0.354 e. The zero-order valence-electron chi connectivity index (χ0n) is 10.6. The van der Waals surface area contributed by atoms with E-state index in [1.807, 2.05) is 13.8 Å². The van der Waals surface area contributed by atoms with Crippen LogP contribution in [0.25, 0.3) is 0 Å². The van der Waals surface area contributed by atoms with Crippen molar-refractivity contribution in [3.8, 4) is 0 Å². The third-order valence-electron chi connectivity index (χ3n) is 4.04. The van der Waals surface area contributed by atoms with Crippen molar-refractivity contribution in [2.75, 3.05) is 19.6 Å². The fourth-order valence-corrected chi connectivity index (χ4v) is 2.96. The van der Waals surface area contributed by atoms with E-state index in [4.69, 9.17) is 0 Å². The number of likely N-dealkylation sites (tertiary alicyclic amines) is 1. The molecule has 3 heteroatoms. The smallest absolute Gasteiger partial charge is 0.221 e. The number of rotatable bonds is 4. The second kappa shape index (κ2) is 4.74. The van der Waals surface area contributed by atoms with Crippen LogP contribution in [0.5, 0.6) is 0 Å². The van der Waals surface area contributed by atoms with Gasteiger partial charge in [-0.3, -0.25) is 4.79 Å². The molecule has 0 unspecified atom stereocenters. The Morgan fingerprint density at radius 1 is 1.38 bits per heavy atom. The first-order chi connectivity index (χ1) is 7.60. The predicted octanol–water partition coefficient (Wildman–Crippen LogP) is 1.78. The van der Waals surface area contributed by atoms with Gasteiger partial charge in [-0.1, -0.05) is 6.42 Å². The Morgan fingerprint density at radius 3 is 2.62 bits per heavy atom. The Morgan fingerprint density at radius 2 is 2.12 bits per heavy atom. The maximum atomic E-state index is 11.5. The van der Waals surface area contributed by atoms with E-state index >= 15 is 0 Å². The van der Waals surface area contributed by atoms with E-state index in [-0.39, 0.29) is 11.9 Å². The summed E-state index contributed by atoms with van der Waals surface area (Å²) in [6.07, 6.45) is 6.28. The Labute approximate surface area is 98.6 Å². The van der Waals surface area contributed by atoms with Gasteiger partial charge in [0.1, 0.15) is 0 Å². The molecule has 1 saturated carbocycles. The van der Waals surface area contributed by atoms with Gasteiger partial charge in [-0.05, 0) is 45.1 Å². The van der Waals surface area contributed by atoms with Gasteiger partial charge in [-0.25, -0.2) is 0 Å². The Hall–Kier alpha value is -0.570. The van der Waals surface area contributed by atoms with Crippen molar-refractivity contribution in [3.63, 3.8) is 0 Å². The molecule has 92 valence electrons. The minimum absolute atomic E-state index is 0.199. The van der Waals surface area contributed by atoms with Crippen LogP contribution in [0.15, 0.2) is 0 Å². The van der Waals surface area contributed by atoms with Crippen LogP contribution in [0.3, 0.4) is 0 Å². The molecule has 2 fully saturated rings. The Balaban J connectivity index is 1.65. The number of nitrogens with one attached hydrogen (secondary N) is 1. The van der Waals surface area contributed by atoms with Crippen LogP contribution in [0, 0.1) is 5.41 Å². The topological polar surface area (TPSA) is 32.3 Å². The highest BCUT2D eigenvalue weighted by atomic mass is 16.1. The SMILES string of the molecule is CC(C)NC(=O)CCN1CCC2(CCC2)C1. The molecule has 0 aromatic carbocycles. The molecule has 16 heavy (non-hydrogen) atoms. The monoisotopic (exact) mass is 224 g/mol. The highest BCUT2D eigenvalue weighted by molar-refractivity contribution is 5.76. The molecular weight excluding hydrogens is 200 g/mol. The summed E-state index contributed by atoms with van der Waals surface area (Å²) in [7, 11) is 0. The van der Waals surface area contributed by atoms with E-state index in [9.17, 15) is 4.79 Å². The van der Waals surface area contributed by atoms with E-state index in [2.05, 4.69) is 10.2 Å². The molecule has 0 radical (unpaired) electrons. The van der Waals surface area contributed by atoms with Gasteiger partial charge in [0.25, 0.3) is 0 Å². The summed E-state index contributed by atoms with van der Waals surface area (Å²) in [4.78, 5) is 14.0.